The lowest BCUT2D eigenvalue weighted by atomic mass is 10.2. The highest BCUT2D eigenvalue weighted by molar-refractivity contribution is 6.33. The predicted octanol–water partition coefficient (Wildman–Crippen LogP) is 2.89. The van der Waals surface area contributed by atoms with Crippen LogP contribution in [0.25, 0.3) is 0 Å². The zero-order valence-electron chi connectivity index (χ0n) is 6.64. The summed E-state index contributed by atoms with van der Waals surface area (Å²) in [4.78, 5) is 10.3. The van der Waals surface area contributed by atoms with Crippen LogP contribution >= 0.6 is 11.6 Å². The molecule has 0 aliphatic rings. The normalized spacial score (nSPS) is 10.4. The van der Waals surface area contributed by atoms with Gasteiger partial charge >= 0.3 is 6.61 Å². The summed E-state index contributed by atoms with van der Waals surface area (Å²) in [7, 11) is 0. The molecule has 0 radical (unpaired) electrons. The second-order valence-electron chi connectivity index (χ2n) is 2.30. The first-order valence-electron chi connectivity index (χ1n) is 3.43. The molecule has 0 saturated carbocycles. The Morgan fingerprint density at radius 3 is 2.50 bits per heavy atom. The Kier molecular flexibility index (Phi) is 3.35. The molecule has 6 heteroatoms. The largest absolute Gasteiger partial charge is 0.435 e. The Balaban J connectivity index is 3.07. The fourth-order valence-corrected chi connectivity index (χ4v) is 1.09. The van der Waals surface area contributed by atoms with Gasteiger partial charge in [0.2, 0.25) is 0 Å². The third-order valence-corrected chi connectivity index (χ3v) is 1.71. The minimum atomic E-state index is -3.06. The number of carbonyl (C=O) groups excluding carboxylic acids is 1. The minimum Gasteiger partial charge on any atom is -0.435 e. The molecule has 1 rings (SSSR count). The molecular weight excluding hydrogens is 221 g/mol. The molecule has 2 nitrogen and oxygen atoms in total. The van der Waals surface area contributed by atoms with Gasteiger partial charge in [-0.05, 0) is 6.07 Å². The van der Waals surface area contributed by atoms with Gasteiger partial charge in [-0.1, -0.05) is 11.6 Å². The van der Waals surface area contributed by atoms with Gasteiger partial charge in [0.15, 0.2) is 6.29 Å². The summed E-state index contributed by atoms with van der Waals surface area (Å²) in [5.74, 6) is -1.42. The zero-order valence-corrected chi connectivity index (χ0v) is 7.39. The van der Waals surface area contributed by atoms with E-state index in [-0.39, 0.29) is 16.9 Å². The molecule has 0 atom stereocenters. The number of aldehydes is 1. The average molecular weight is 225 g/mol. The molecule has 0 fully saturated rings. The standard InChI is InChI=1S/C8H4ClF3O2/c9-6-1-4(14-8(11)12)2-7(10)5(6)3-13/h1-3,8H. The quantitative estimate of drug-likeness (QED) is 0.738. The summed E-state index contributed by atoms with van der Waals surface area (Å²) in [5, 5.41) is -0.268. The van der Waals surface area contributed by atoms with E-state index in [9.17, 15) is 18.0 Å². The molecule has 0 aromatic heterocycles. The SMILES string of the molecule is O=Cc1c(F)cc(OC(F)F)cc1Cl. The van der Waals surface area contributed by atoms with Crippen molar-refractivity contribution in [2.45, 2.75) is 6.61 Å². The molecule has 0 aliphatic heterocycles. The van der Waals surface area contributed by atoms with E-state index in [0.29, 0.717) is 6.07 Å². The summed E-state index contributed by atoms with van der Waals surface area (Å²) in [6.45, 7) is -3.06. The molecule has 14 heavy (non-hydrogen) atoms. The van der Waals surface area contributed by atoms with Crippen LogP contribution in [0.15, 0.2) is 12.1 Å². The van der Waals surface area contributed by atoms with Gasteiger partial charge in [-0.25, -0.2) is 4.39 Å². The first-order chi connectivity index (χ1) is 6.54. The first kappa shape index (κ1) is 10.8. The average Bonchev–Trinajstić information content (AvgIpc) is 2.01. The maximum Gasteiger partial charge on any atom is 0.387 e. The molecule has 76 valence electrons. The summed E-state index contributed by atoms with van der Waals surface area (Å²) >= 11 is 5.42. The molecule has 1 aromatic carbocycles. The van der Waals surface area contributed by atoms with Crippen molar-refractivity contribution >= 4 is 17.9 Å². The van der Waals surface area contributed by atoms with Crippen LogP contribution in [0.5, 0.6) is 5.75 Å². The summed E-state index contributed by atoms with van der Waals surface area (Å²) in [6.07, 6.45) is 0.198. The second kappa shape index (κ2) is 4.32. The summed E-state index contributed by atoms with van der Waals surface area (Å²) in [6, 6.07) is 1.61. The van der Waals surface area contributed by atoms with Crippen molar-refractivity contribution < 1.29 is 22.7 Å². The molecule has 0 unspecified atom stereocenters. The van der Waals surface area contributed by atoms with Crippen molar-refractivity contribution in [3.8, 4) is 5.75 Å². The number of halogens is 4. The van der Waals surface area contributed by atoms with Gasteiger partial charge in [0, 0.05) is 6.07 Å². The Labute approximate surface area is 82.2 Å². The number of ether oxygens (including phenoxy) is 1. The van der Waals surface area contributed by atoms with Gasteiger partial charge in [0.25, 0.3) is 0 Å². The number of carbonyl (C=O) groups is 1. The van der Waals surface area contributed by atoms with Crippen molar-refractivity contribution in [3.63, 3.8) is 0 Å². The van der Waals surface area contributed by atoms with Crippen LogP contribution in [0, 0.1) is 5.82 Å². The molecule has 0 bridgehead atoms. The van der Waals surface area contributed by atoms with E-state index >= 15 is 0 Å². The van der Waals surface area contributed by atoms with Crippen LogP contribution in [0.2, 0.25) is 5.02 Å². The highest BCUT2D eigenvalue weighted by Crippen LogP contribution is 2.25. The molecule has 0 aliphatic carbocycles. The Hall–Kier alpha value is -1.23. The van der Waals surface area contributed by atoms with Gasteiger partial charge < -0.3 is 4.74 Å². The lowest BCUT2D eigenvalue weighted by Crippen LogP contribution is -2.03. The van der Waals surface area contributed by atoms with Crippen LogP contribution < -0.4 is 4.74 Å². The van der Waals surface area contributed by atoms with Crippen LogP contribution in [-0.4, -0.2) is 12.9 Å². The summed E-state index contributed by atoms with van der Waals surface area (Å²) in [5.41, 5.74) is -0.381. The summed E-state index contributed by atoms with van der Waals surface area (Å²) < 4.78 is 40.2. The molecule has 0 saturated heterocycles. The smallest absolute Gasteiger partial charge is 0.387 e. The van der Waals surface area contributed by atoms with E-state index in [0.717, 1.165) is 6.07 Å². The molecular formula is C8H4ClF3O2. The highest BCUT2D eigenvalue weighted by Gasteiger charge is 2.12. The van der Waals surface area contributed by atoms with Gasteiger partial charge in [-0.15, -0.1) is 0 Å². The van der Waals surface area contributed by atoms with Crippen LogP contribution in [0.3, 0.4) is 0 Å². The topological polar surface area (TPSA) is 26.3 Å². The Bertz CT molecular complexity index is 331. The fourth-order valence-electron chi connectivity index (χ4n) is 0.845. The Morgan fingerprint density at radius 1 is 1.43 bits per heavy atom. The van der Waals surface area contributed by atoms with Crippen LogP contribution in [0.1, 0.15) is 10.4 Å². The van der Waals surface area contributed by atoms with E-state index < -0.39 is 18.2 Å². The molecule has 0 spiro atoms. The molecule has 1 aromatic rings. The predicted molar refractivity (Wildman–Crippen MR) is 43.4 cm³/mol. The number of hydrogen-bond acceptors (Lipinski definition) is 2. The minimum absolute atomic E-state index is 0.198. The van der Waals surface area contributed by atoms with Crippen molar-refractivity contribution in [3.05, 3.63) is 28.5 Å². The monoisotopic (exact) mass is 224 g/mol. The zero-order chi connectivity index (χ0) is 10.7. The van der Waals surface area contributed by atoms with E-state index in [2.05, 4.69) is 4.74 Å². The lowest BCUT2D eigenvalue weighted by Gasteiger charge is -2.06. The Morgan fingerprint density at radius 2 is 2.07 bits per heavy atom. The maximum absolute atomic E-state index is 12.9. The first-order valence-corrected chi connectivity index (χ1v) is 3.81. The third kappa shape index (κ3) is 2.38. The van der Waals surface area contributed by atoms with Gasteiger partial charge in [-0.2, -0.15) is 8.78 Å². The van der Waals surface area contributed by atoms with Crippen LogP contribution in [-0.2, 0) is 0 Å². The number of hydrogen-bond donors (Lipinski definition) is 0. The van der Waals surface area contributed by atoms with Crippen molar-refractivity contribution in [1.82, 2.24) is 0 Å². The van der Waals surface area contributed by atoms with E-state index in [1.165, 1.54) is 0 Å². The molecule has 0 amide bonds. The third-order valence-electron chi connectivity index (χ3n) is 1.40. The van der Waals surface area contributed by atoms with Crippen molar-refractivity contribution in [1.29, 1.82) is 0 Å². The van der Waals surface area contributed by atoms with Gasteiger partial charge in [-0.3, -0.25) is 4.79 Å². The highest BCUT2D eigenvalue weighted by atomic mass is 35.5. The fraction of sp³-hybridized carbons (Fsp3) is 0.125. The number of rotatable bonds is 3. The van der Waals surface area contributed by atoms with E-state index in [1.54, 1.807) is 0 Å². The van der Waals surface area contributed by atoms with Crippen LogP contribution in [0.4, 0.5) is 13.2 Å². The maximum atomic E-state index is 12.9. The lowest BCUT2D eigenvalue weighted by molar-refractivity contribution is -0.0499. The number of alkyl halides is 2. The van der Waals surface area contributed by atoms with E-state index in [1.807, 2.05) is 0 Å². The number of benzene rings is 1. The van der Waals surface area contributed by atoms with Gasteiger partial charge in [0.1, 0.15) is 11.6 Å². The second-order valence-corrected chi connectivity index (χ2v) is 2.70. The van der Waals surface area contributed by atoms with Gasteiger partial charge in [0.05, 0.1) is 10.6 Å². The van der Waals surface area contributed by atoms with E-state index in [4.69, 9.17) is 11.6 Å². The molecule has 0 N–H and O–H groups in total. The van der Waals surface area contributed by atoms with Crippen molar-refractivity contribution in [2.75, 3.05) is 0 Å². The van der Waals surface area contributed by atoms with Crippen molar-refractivity contribution in [2.24, 2.45) is 0 Å². The molecule has 0 heterocycles.